The number of thiophene rings is 1. The van der Waals surface area contributed by atoms with Crippen molar-refractivity contribution < 1.29 is 9.53 Å². The van der Waals surface area contributed by atoms with E-state index in [9.17, 15) is 9.59 Å². The van der Waals surface area contributed by atoms with Crippen molar-refractivity contribution in [3.63, 3.8) is 0 Å². The zero-order valence-corrected chi connectivity index (χ0v) is 11.5. The highest BCUT2D eigenvalue weighted by molar-refractivity contribution is 7.22. The first kappa shape index (κ1) is 12.7. The number of carbonyl (C=O) groups excluding carboxylic acids is 1. The SMILES string of the molecule is CCOC(=O)c1sc2c(c1N)c(=O)[nH]c1ccccc12. The van der Waals surface area contributed by atoms with Crippen LogP contribution in [-0.2, 0) is 4.74 Å². The molecule has 3 rings (SSSR count). The molecule has 0 amide bonds. The lowest BCUT2D eigenvalue weighted by Crippen LogP contribution is -2.09. The van der Waals surface area contributed by atoms with E-state index in [1.165, 1.54) is 11.3 Å². The average molecular weight is 288 g/mol. The Morgan fingerprint density at radius 3 is 2.90 bits per heavy atom. The van der Waals surface area contributed by atoms with Gasteiger partial charge in [-0.15, -0.1) is 11.3 Å². The lowest BCUT2D eigenvalue weighted by atomic mass is 10.1. The molecule has 0 aliphatic rings. The maximum atomic E-state index is 12.1. The fraction of sp³-hybridized carbons (Fsp3) is 0.143. The van der Waals surface area contributed by atoms with Gasteiger partial charge in [0.15, 0.2) is 0 Å². The van der Waals surface area contributed by atoms with Crippen molar-refractivity contribution >= 4 is 44.0 Å². The summed E-state index contributed by atoms with van der Waals surface area (Å²) in [6.45, 7) is 1.99. The smallest absolute Gasteiger partial charge is 0.350 e. The largest absolute Gasteiger partial charge is 0.462 e. The van der Waals surface area contributed by atoms with E-state index >= 15 is 0 Å². The number of hydrogen-bond acceptors (Lipinski definition) is 5. The van der Waals surface area contributed by atoms with Crippen molar-refractivity contribution in [1.29, 1.82) is 0 Å². The van der Waals surface area contributed by atoms with Gasteiger partial charge < -0.3 is 15.5 Å². The molecule has 0 aliphatic heterocycles. The molecule has 0 unspecified atom stereocenters. The molecule has 2 aromatic heterocycles. The Labute approximate surface area is 118 Å². The van der Waals surface area contributed by atoms with Crippen LogP contribution in [0.5, 0.6) is 0 Å². The van der Waals surface area contributed by atoms with E-state index in [0.29, 0.717) is 10.1 Å². The minimum absolute atomic E-state index is 0.190. The third-order valence-corrected chi connectivity index (χ3v) is 4.27. The molecule has 2 heterocycles. The van der Waals surface area contributed by atoms with Crippen LogP contribution in [0.3, 0.4) is 0 Å². The van der Waals surface area contributed by atoms with Crippen molar-refractivity contribution in [3.05, 3.63) is 39.5 Å². The number of carbonyl (C=O) groups is 1. The monoisotopic (exact) mass is 288 g/mol. The summed E-state index contributed by atoms with van der Waals surface area (Å²) in [7, 11) is 0. The number of anilines is 1. The van der Waals surface area contributed by atoms with Gasteiger partial charge in [0.25, 0.3) is 5.56 Å². The van der Waals surface area contributed by atoms with E-state index in [1.807, 2.05) is 24.3 Å². The van der Waals surface area contributed by atoms with E-state index in [2.05, 4.69) is 4.98 Å². The molecule has 3 N–H and O–H groups in total. The maximum Gasteiger partial charge on any atom is 0.350 e. The number of esters is 1. The van der Waals surface area contributed by atoms with Gasteiger partial charge in [-0.1, -0.05) is 18.2 Å². The quantitative estimate of drug-likeness (QED) is 0.709. The zero-order chi connectivity index (χ0) is 14.3. The molecule has 0 saturated carbocycles. The summed E-state index contributed by atoms with van der Waals surface area (Å²) in [4.78, 5) is 27.1. The minimum atomic E-state index is -0.491. The summed E-state index contributed by atoms with van der Waals surface area (Å²) >= 11 is 1.20. The minimum Gasteiger partial charge on any atom is -0.462 e. The fourth-order valence-electron chi connectivity index (χ4n) is 2.18. The molecule has 102 valence electrons. The lowest BCUT2D eigenvalue weighted by molar-refractivity contribution is 0.0533. The standard InChI is InChI=1S/C14H12N2O3S/c1-2-19-14(18)12-10(15)9-11(20-12)7-5-3-4-6-8(7)16-13(9)17/h3-6H,2,15H2,1H3,(H,16,17). The van der Waals surface area contributed by atoms with Gasteiger partial charge in [0.1, 0.15) is 4.88 Å². The summed E-state index contributed by atoms with van der Waals surface area (Å²) in [6.07, 6.45) is 0. The first-order chi connectivity index (χ1) is 9.63. The van der Waals surface area contributed by atoms with Crippen LogP contribution in [0, 0.1) is 0 Å². The second kappa shape index (κ2) is 4.64. The molecule has 0 aliphatic carbocycles. The highest BCUT2D eigenvalue weighted by atomic mass is 32.1. The van der Waals surface area contributed by atoms with Crippen LogP contribution in [0.1, 0.15) is 16.6 Å². The van der Waals surface area contributed by atoms with Gasteiger partial charge in [-0.3, -0.25) is 4.79 Å². The number of fused-ring (bicyclic) bond motifs is 3. The van der Waals surface area contributed by atoms with Crippen molar-refractivity contribution in [1.82, 2.24) is 4.98 Å². The third-order valence-electron chi connectivity index (χ3n) is 3.05. The molecular formula is C14H12N2O3S. The molecule has 0 atom stereocenters. The van der Waals surface area contributed by atoms with Crippen LogP contribution in [0.2, 0.25) is 0 Å². The first-order valence-electron chi connectivity index (χ1n) is 6.13. The summed E-state index contributed by atoms with van der Waals surface area (Å²) in [6, 6.07) is 7.42. The molecule has 6 heteroatoms. The van der Waals surface area contributed by atoms with Gasteiger partial charge >= 0.3 is 5.97 Å². The number of pyridine rings is 1. The summed E-state index contributed by atoms with van der Waals surface area (Å²) in [5, 5.41) is 1.23. The van der Waals surface area contributed by atoms with Crippen LogP contribution < -0.4 is 11.3 Å². The van der Waals surface area contributed by atoms with Crippen LogP contribution in [-0.4, -0.2) is 17.6 Å². The second-order valence-corrected chi connectivity index (χ2v) is 5.29. The predicted octanol–water partition coefficient (Wildman–Crippen LogP) is 2.50. The molecule has 0 spiro atoms. The van der Waals surface area contributed by atoms with Gasteiger partial charge in [0.05, 0.1) is 22.4 Å². The number of ether oxygens (including phenoxy) is 1. The predicted molar refractivity (Wildman–Crippen MR) is 80.3 cm³/mol. The zero-order valence-electron chi connectivity index (χ0n) is 10.7. The van der Waals surface area contributed by atoms with Crippen molar-refractivity contribution in [3.8, 4) is 0 Å². The number of aromatic nitrogens is 1. The number of rotatable bonds is 2. The van der Waals surface area contributed by atoms with Gasteiger partial charge in [-0.2, -0.15) is 0 Å². The highest BCUT2D eigenvalue weighted by Gasteiger charge is 2.21. The van der Waals surface area contributed by atoms with Crippen LogP contribution >= 0.6 is 11.3 Å². The number of benzene rings is 1. The van der Waals surface area contributed by atoms with Gasteiger partial charge in [0.2, 0.25) is 0 Å². The van der Waals surface area contributed by atoms with E-state index in [-0.39, 0.29) is 22.7 Å². The molecule has 0 radical (unpaired) electrons. The Balaban J connectivity index is 2.41. The van der Waals surface area contributed by atoms with Gasteiger partial charge in [0, 0.05) is 10.9 Å². The fourth-order valence-corrected chi connectivity index (χ4v) is 3.33. The Morgan fingerprint density at radius 1 is 1.40 bits per heavy atom. The summed E-state index contributed by atoms with van der Waals surface area (Å²) < 4.78 is 5.68. The van der Waals surface area contributed by atoms with Crippen LogP contribution in [0.15, 0.2) is 29.1 Å². The normalized spacial score (nSPS) is 11.1. The van der Waals surface area contributed by atoms with Gasteiger partial charge in [-0.25, -0.2) is 4.79 Å². The Kier molecular flexibility index (Phi) is 2.94. The maximum absolute atomic E-state index is 12.1. The Morgan fingerprint density at radius 2 is 2.15 bits per heavy atom. The third kappa shape index (κ3) is 1.77. The molecule has 0 saturated heterocycles. The Bertz CT molecular complexity index is 879. The number of H-pyrrole nitrogens is 1. The van der Waals surface area contributed by atoms with E-state index in [0.717, 1.165) is 10.9 Å². The van der Waals surface area contributed by atoms with E-state index in [4.69, 9.17) is 10.5 Å². The first-order valence-corrected chi connectivity index (χ1v) is 6.95. The second-order valence-electron chi connectivity index (χ2n) is 4.27. The Hall–Kier alpha value is -2.34. The molecule has 3 aromatic rings. The van der Waals surface area contributed by atoms with Crippen molar-refractivity contribution in [2.24, 2.45) is 0 Å². The molecule has 0 fully saturated rings. The summed E-state index contributed by atoms with van der Waals surface area (Å²) in [5.41, 5.74) is 6.58. The van der Waals surface area contributed by atoms with Crippen LogP contribution in [0.4, 0.5) is 5.69 Å². The van der Waals surface area contributed by atoms with Crippen molar-refractivity contribution in [2.45, 2.75) is 6.92 Å². The number of para-hydroxylation sites is 1. The number of nitrogen functional groups attached to an aromatic ring is 1. The molecule has 20 heavy (non-hydrogen) atoms. The number of nitrogens with one attached hydrogen (secondary N) is 1. The highest BCUT2D eigenvalue weighted by Crippen LogP contribution is 2.35. The number of nitrogens with two attached hydrogens (primary N) is 1. The topological polar surface area (TPSA) is 85.2 Å². The van der Waals surface area contributed by atoms with Gasteiger partial charge in [-0.05, 0) is 13.0 Å². The average Bonchev–Trinajstić information content (AvgIpc) is 2.78. The molecular weight excluding hydrogens is 276 g/mol. The van der Waals surface area contributed by atoms with Crippen molar-refractivity contribution in [2.75, 3.05) is 12.3 Å². The van der Waals surface area contributed by atoms with E-state index in [1.54, 1.807) is 6.92 Å². The molecule has 1 aromatic carbocycles. The lowest BCUT2D eigenvalue weighted by Gasteiger charge is -1.99. The molecule has 5 nitrogen and oxygen atoms in total. The number of hydrogen-bond donors (Lipinski definition) is 2. The van der Waals surface area contributed by atoms with E-state index < -0.39 is 5.97 Å². The number of aromatic amines is 1. The summed E-state index contributed by atoms with van der Waals surface area (Å²) in [5.74, 6) is -0.491. The van der Waals surface area contributed by atoms with Crippen LogP contribution in [0.25, 0.3) is 21.0 Å². The molecule has 0 bridgehead atoms.